The first kappa shape index (κ1) is 30.0. The summed E-state index contributed by atoms with van der Waals surface area (Å²) in [7, 11) is 0. The van der Waals surface area contributed by atoms with Crippen molar-refractivity contribution in [1.29, 1.82) is 0 Å². The lowest BCUT2D eigenvalue weighted by atomic mass is 9.95. The van der Waals surface area contributed by atoms with Crippen molar-refractivity contribution in [2.45, 2.75) is 13.8 Å². The van der Waals surface area contributed by atoms with Gasteiger partial charge in [0.1, 0.15) is 11.2 Å². The Labute approximate surface area is 285 Å². The first-order valence-corrected chi connectivity index (χ1v) is 16.4. The molecule has 0 saturated heterocycles. The molecule has 0 bridgehead atoms. The van der Waals surface area contributed by atoms with Crippen LogP contribution in [0.25, 0.3) is 78.1 Å². The zero-order valence-corrected chi connectivity index (χ0v) is 27.3. The molecule has 0 aliphatic carbocycles. The third-order valence-electron chi connectivity index (χ3n) is 8.93. The van der Waals surface area contributed by atoms with E-state index in [1.165, 1.54) is 11.1 Å². The fourth-order valence-corrected chi connectivity index (χ4v) is 6.29. The van der Waals surface area contributed by atoms with E-state index >= 15 is 0 Å². The van der Waals surface area contributed by atoms with Gasteiger partial charge in [-0.3, -0.25) is 4.98 Å². The van der Waals surface area contributed by atoms with E-state index in [1.807, 2.05) is 66.9 Å². The zero-order valence-electron chi connectivity index (χ0n) is 27.3. The van der Waals surface area contributed by atoms with E-state index in [-0.39, 0.29) is 0 Å². The number of pyridine rings is 1. The van der Waals surface area contributed by atoms with E-state index in [2.05, 4.69) is 111 Å². The van der Waals surface area contributed by atoms with Crippen LogP contribution in [0.2, 0.25) is 0 Å². The number of para-hydroxylation sites is 1. The minimum absolute atomic E-state index is 0.698. The zero-order chi connectivity index (χ0) is 33.2. The first-order valence-electron chi connectivity index (χ1n) is 16.4. The van der Waals surface area contributed by atoms with Gasteiger partial charge in [0.15, 0.2) is 5.82 Å². The summed E-state index contributed by atoms with van der Waals surface area (Å²) in [6, 6.07) is 49.7. The Morgan fingerprint density at radius 1 is 0.551 bits per heavy atom. The molecule has 0 aliphatic heterocycles. The number of aromatic nitrogens is 3. The van der Waals surface area contributed by atoms with Crippen LogP contribution in [0.3, 0.4) is 0 Å². The molecule has 49 heavy (non-hydrogen) atoms. The number of rotatable bonds is 7. The quantitative estimate of drug-likeness (QED) is 0.164. The first-order chi connectivity index (χ1) is 24.1. The summed E-state index contributed by atoms with van der Waals surface area (Å²) in [4.78, 5) is 14.9. The number of fused-ring (bicyclic) bond motifs is 3. The predicted molar refractivity (Wildman–Crippen MR) is 203 cm³/mol. The summed E-state index contributed by atoms with van der Waals surface area (Å²) in [6.45, 7) is 4.24. The molecule has 8 aromatic rings. The van der Waals surface area contributed by atoms with E-state index < -0.39 is 0 Å². The van der Waals surface area contributed by atoms with E-state index in [1.54, 1.807) is 0 Å². The van der Waals surface area contributed by atoms with Crippen molar-refractivity contribution in [2.24, 2.45) is 0 Å². The lowest BCUT2D eigenvalue weighted by molar-refractivity contribution is 0.669. The number of benzene rings is 5. The third-order valence-corrected chi connectivity index (χ3v) is 8.93. The molecule has 0 N–H and O–H groups in total. The van der Waals surface area contributed by atoms with Gasteiger partial charge in [-0.05, 0) is 60.4 Å². The van der Waals surface area contributed by atoms with Crippen molar-refractivity contribution < 1.29 is 4.42 Å². The van der Waals surface area contributed by atoms with Crippen LogP contribution in [0, 0.1) is 0 Å². The second-order valence-corrected chi connectivity index (χ2v) is 12.1. The molecule has 4 nitrogen and oxygen atoms in total. The Morgan fingerprint density at radius 3 is 2.04 bits per heavy atom. The molecule has 0 spiro atoms. The lowest BCUT2D eigenvalue weighted by Crippen LogP contribution is -1.97. The number of allylic oxidation sites excluding steroid dienone is 4. The van der Waals surface area contributed by atoms with Crippen LogP contribution in [0.15, 0.2) is 168 Å². The normalized spacial score (nSPS) is 12.1. The van der Waals surface area contributed by atoms with Gasteiger partial charge in [-0.1, -0.05) is 133 Å². The van der Waals surface area contributed by atoms with Crippen LogP contribution in [-0.2, 0) is 0 Å². The Balaban J connectivity index is 1.18. The number of nitrogens with zero attached hydrogens (tertiary/aromatic N) is 3. The maximum Gasteiger partial charge on any atom is 0.160 e. The van der Waals surface area contributed by atoms with Crippen LogP contribution < -0.4 is 0 Å². The van der Waals surface area contributed by atoms with Crippen molar-refractivity contribution in [3.63, 3.8) is 0 Å². The minimum Gasteiger partial charge on any atom is -0.456 e. The molecule has 0 atom stereocenters. The highest BCUT2D eigenvalue weighted by Crippen LogP contribution is 2.39. The van der Waals surface area contributed by atoms with Crippen LogP contribution >= 0.6 is 0 Å². The summed E-state index contributed by atoms with van der Waals surface area (Å²) in [6.07, 6.45) is 6.15. The average Bonchev–Trinajstić information content (AvgIpc) is 3.56. The molecule has 8 rings (SSSR count). The topological polar surface area (TPSA) is 51.8 Å². The van der Waals surface area contributed by atoms with Crippen molar-refractivity contribution >= 4 is 33.1 Å². The summed E-state index contributed by atoms with van der Waals surface area (Å²) in [5, 5.41) is 2.16. The highest BCUT2D eigenvalue weighted by atomic mass is 16.3. The molecule has 0 fully saturated rings. The predicted octanol–water partition coefficient (Wildman–Crippen LogP) is 11.9. The summed E-state index contributed by atoms with van der Waals surface area (Å²) < 4.78 is 6.19. The monoisotopic (exact) mass is 631 g/mol. The molecule has 4 heteroatoms. The van der Waals surface area contributed by atoms with Crippen LogP contribution in [0.1, 0.15) is 25.1 Å². The van der Waals surface area contributed by atoms with Gasteiger partial charge >= 0.3 is 0 Å². The Bertz CT molecular complexity index is 2490. The fourth-order valence-electron chi connectivity index (χ4n) is 6.29. The van der Waals surface area contributed by atoms with Gasteiger partial charge in [0, 0.05) is 39.2 Å². The van der Waals surface area contributed by atoms with Crippen molar-refractivity contribution in [1.82, 2.24) is 15.0 Å². The number of hydrogen-bond acceptors (Lipinski definition) is 4. The Morgan fingerprint density at radius 2 is 1.22 bits per heavy atom. The van der Waals surface area contributed by atoms with Crippen molar-refractivity contribution in [3.8, 4) is 45.0 Å². The molecule has 0 radical (unpaired) electrons. The van der Waals surface area contributed by atoms with E-state index in [0.717, 1.165) is 72.4 Å². The van der Waals surface area contributed by atoms with Gasteiger partial charge in [0.05, 0.1) is 17.1 Å². The molecule has 0 aliphatic rings. The molecular formula is C45H33N3O. The second kappa shape index (κ2) is 13.0. The molecule has 0 amide bonds. The van der Waals surface area contributed by atoms with Crippen LogP contribution in [0.5, 0.6) is 0 Å². The SMILES string of the molecule is C/C(=C\C=C(/C)c1cc(-c2ccc(-c3cccnc3-c3cccc4oc5ccccc5c34)cc2)nc(-c2ccccc2)n1)c1ccccc1. The molecule has 0 saturated carbocycles. The van der Waals surface area contributed by atoms with E-state index in [4.69, 9.17) is 19.4 Å². The maximum atomic E-state index is 6.19. The third kappa shape index (κ3) is 5.97. The second-order valence-electron chi connectivity index (χ2n) is 12.1. The molecule has 0 unspecified atom stereocenters. The summed E-state index contributed by atoms with van der Waals surface area (Å²) >= 11 is 0. The van der Waals surface area contributed by atoms with Gasteiger partial charge in [-0.15, -0.1) is 0 Å². The number of hydrogen-bond donors (Lipinski definition) is 0. The van der Waals surface area contributed by atoms with Gasteiger partial charge < -0.3 is 4.42 Å². The molecule has 5 aromatic carbocycles. The average molecular weight is 632 g/mol. The molecule has 3 heterocycles. The smallest absolute Gasteiger partial charge is 0.160 e. The van der Waals surface area contributed by atoms with Crippen LogP contribution in [-0.4, -0.2) is 15.0 Å². The largest absolute Gasteiger partial charge is 0.456 e. The summed E-state index contributed by atoms with van der Waals surface area (Å²) in [5.74, 6) is 0.698. The Kier molecular flexibility index (Phi) is 7.96. The maximum absolute atomic E-state index is 6.19. The van der Waals surface area contributed by atoms with Crippen LogP contribution in [0.4, 0.5) is 0 Å². The van der Waals surface area contributed by atoms with Gasteiger partial charge in [-0.25, -0.2) is 9.97 Å². The molecule has 234 valence electrons. The highest BCUT2D eigenvalue weighted by Gasteiger charge is 2.17. The van der Waals surface area contributed by atoms with E-state index in [0.29, 0.717) is 5.82 Å². The molecular weight excluding hydrogens is 599 g/mol. The fraction of sp³-hybridized carbons (Fsp3) is 0.0444. The van der Waals surface area contributed by atoms with Crippen molar-refractivity contribution in [3.05, 3.63) is 175 Å². The van der Waals surface area contributed by atoms with Gasteiger partial charge in [0.25, 0.3) is 0 Å². The Hall–Kier alpha value is -6.39. The highest BCUT2D eigenvalue weighted by molar-refractivity contribution is 6.13. The summed E-state index contributed by atoms with van der Waals surface area (Å²) in [5.41, 5.74) is 13.0. The standard InChI is InChI=1S/C45H33N3O/c1-30(32-13-5-3-6-14-32)22-23-31(2)39-29-40(48-45(47-39)35-15-7-4-8-16-35)34-26-24-33(25-27-34)36-19-12-28-46-44(36)38-18-11-21-42-43(38)37-17-9-10-20-41(37)49-42/h3-29H,1-2H3/b30-22+,31-23+. The molecule has 3 aromatic heterocycles. The minimum atomic E-state index is 0.698. The van der Waals surface area contributed by atoms with Gasteiger partial charge in [0.2, 0.25) is 0 Å². The number of furan rings is 1. The lowest BCUT2D eigenvalue weighted by Gasteiger charge is -2.12. The van der Waals surface area contributed by atoms with Crippen molar-refractivity contribution in [2.75, 3.05) is 0 Å². The van der Waals surface area contributed by atoms with Gasteiger partial charge in [-0.2, -0.15) is 0 Å². The van der Waals surface area contributed by atoms with E-state index in [9.17, 15) is 0 Å².